The number of halogens is 2. The number of hydrogen-bond acceptors (Lipinski definition) is 2. The normalized spacial score (nSPS) is 10.5. The molecule has 19 heavy (non-hydrogen) atoms. The van der Waals surface area contributed by atoms with Crippen LogP contribution in [0.1, 0.15) is 11.3 Å². The number of methoxy groups -OCH3 is 1. The van der Waals surface area contributed by atoms with Gasteiger partial charge < -0.3 is 9.30 Å². The summed E-state index contributed by atoms with van der Waals surface area (Å²) in [5, 5.41) is 0.598. The van der Waals surface area contributed by atoms with Gasteiger partial charge in [-0.2, -0.15) is 0 Å². The maximum absolute atomic E-state index is 11.7. The first-order chi connectivity index (χ1) is 9.06. The zero-order chi connectivity index (χ0) is 14.0. The molecule has 0 saturated carbocycles. The number of pyridine rings is 1. The zero-order valence-corrected chi connectivity index (χ0v) is 12.1. The van der Waals surface area contributed by atoms with E-state index in [1.807, 2.05) is 11.5 Å². The molecule has 0 unspecified atom stereocenters. The minimum atomic E-state index is -0.0651. The molecule has 0 amide bonds. The number of aromatic nitrogens is 1. The summed E-state index contributed by atoms with van der Waals surface area (Å²) in [5.74, 6) is 0.846. The second-order valence-corrected chi connectivity index (χ2v) is 4.83. The lowest BCUT2D eigenvalue weighted by atomic mass is 10.2. The lowest BCUT2D eigenvalue weighted by molar-refractivity contribution is 0.412. The van der Waals surface area contributed by atoms with Gasteiger partial charge in [0.05, 0.1) is 18.7 Å². The van der Waals surface area contributed by atoms with Gasteiger partial charge in [0.2, 0.25) is 0 Å². The van der Waals surface area contributed by atoms with Crippen molar-refractivity contribution in [3.8, 4) is 11.4 Å². The van der Waals surface area contributed by atoms with Crippen LogP contribution in [0.5, 0.6) is 5.75 Å². The fraction of sp³-hybridized carbons (Fsp3) is 0.214. The van der Waals surface area contributed by atoms with Crippen molar-refractivity contribution < 1.29 is 4.74 Å². The Morgan fingerprint density at radius 1 is 1.32 bits per heavy atom. The summed E-state index contributed by atoms with van der Waals surface area (Å²) >= 11 is 11.8. The van der Waals surface area contributed by atoms with Crippen LogP contribution in [0, 0.1) is 6.92 Å². The van der Waals surface area contributed by atoms with E-state index in [0.717, 1.165) is 11.4 Å². The number of benzene rings is 1. The molecule has 0 saturated heterocycles. The van der Waals surface area contributed by atoms with Gasteiger partial charge >= 0.3 is 0 Å². The Bertz CT molecular complexity index is 665. The van der Waals surface area contributed by atoms with Crippen molar-refractivity contribution in [2.24, 2.45) is 0 Å². The van der Waals surface area contributed by atoms with Crippen molar-refractivity contribution in [3.63, 3.8) is 0 Å². The van der Waals surface area contributed by atoms with E-state index in [0.29, 0.717) is 16.3 Å². The van der Waals surface area contributed by atoms with Crippen LogP contribution in [-0.2, 0) is 5.88 Å². The van der Waals surface area contributed by atoms with Crippen LogP contribution in [-0.4, -0.2) is 11.7 Å². The molecule has 0 radical (unpaired) electrons. The van der Waals surface area contributed by atoms with Gasteiger partial charge in [0.25, 0.3) is 0 Å². The molecule has 0 aliphatic carbocycles. The summed E-state index contributed by atoms with van der Waals surface area (Å²) in [6, 6.07) is 6.88. The van der Waals surface area contributed by atoms with E-state index >= 15 is 0 Å². The summed E-state index contributed by atoms with van der Waals surface area (Å²) in [5.41, 5.74) is 2.04. The van der Waals surface area contributed by atoms with Gasteiger partial charge in [0.1, 0.15) is 5.75 Å². The molecule has 3 nitrogen and oxygen atoms in total. The minimum Gasteiger partial charge on any atom is -0.495 e. The number of aryl methyl sites for hydroxylation is 1. The molecule has 0 aliphatic heterocycles. The highest BCUT2D eigenvalue weighted by Crippen LogP contribution is 2.27. The molecule has 0 atom stereocenters. The summed E-state index contributed by atoms with van der Waals surface area (Å²) < 4.78 is 7.17. The third kappa shape index (κ3) is 2.77. The van der Waals surface area contributed by atoms with Gasteiger partial charge in [-0.15, -0.1) is 11.6 Å². The van der Waals surface area contributed by atoms with Gasteiger partial charge in [0, 0.05) is 28.5 Å². The summed E-state index contributed by atoms with van der Waals surface area (Å²) in [4.78, 5) is 11.7. The second kappa shape index (κ2) is 5.68. The molecule has 2 aromatic rings. The number of rotatable bonds is 3. The highest BCUT2D eigenvalue weighted by molar-refractivity contribution is 6.30. The Kier molecular flexibility index (Phi) is 4.17. The Labute approximate surface area is 121 Å². The molecule has 0 bridgehead atoms. The van der Waals surface area contributed by atoms with Crippen molar-refractivity contribution in [2.75, 3.05) is 7.11 Å². The third-order valence-electron chi connectivity index (χ3n) is 2.87. The molecular weight excluding hydrogens is 285 g/mol. The topological polar surface area (TPSA) is 31.2 Å². The lowest BCUT2D eigenvalue weighted by Crippen LogP contribution is -2.13. The van der Waals surface area contributed by atoms with Crippen molar-refractivity contribution >= 4 is 23.2 Å². The average molecular weight is 298 g/mol. The number of nitrogens with zero attached hydrogens (tertiary/aromatic N) is 1. The quantitative estimate of drug-likeness (QED) is 0.811. The van der Waals surface area contributed by atoms with Gasteiger partial charge in [-0.25, -0.2) is 0 Å². The van der Waals surface area contributed by atoms with E-state index in [1.165, 1.54) is 0 Å². The SMILES string of the molecule is COc1ccc(Cl)cc1-n1cc(CCl)c(=O)cc1C. The standard InChI is InChI=1S/C14H13Cl2NO2/c1-9-5-13(18)10(7-15)8-17(9)12-6-11(16)3-4-14(12)19-2/h3-6,8H,7H2,1-2H3. The van der Waals surface area contributed by atoms with Crippen LogP contribution in [0.15, 0.2) is 35.3 Å². The van der Waals surface area contributed by atoms with Gasteiger partial charge in [-0.1, -0.05) is 11.6 Å². The van der Waals surface area contributed by atoms with E-state index in [-0.39, 0.29) is 11.3 Å². The summed E-state index contributed by atoms with van der Waals surface area (Å²) in [7, 11) is 1.59. The highest BCUT2D eigenvalue weighted by atomic mass is 35.5. The van der Waals surface area contributed by atoms with Gasteiger partial charge in [0.15, 0.2) is 5.43 Å². The Morgan fingerprint density at radius 3 is 2.68 bits per heavy atom. The van der Waals surface area contributed by atoms with Gasteiger partial charge in [-0.3, -0.25) is 4.79 Å². The van der Waals surface area contributed by atoms with Crippen LogP contribution in [0.3, 0.4) is 0 Å². The van der Waals surface area contributed by atoms with Crippen LogP contribution in [0.25, 0.3) is 5.69 Å². The minimum absolute atomic E-state index is 0.0651. The second-order valence-electron chi connectivity index (χ2n) is 4.12. The summed E-state index contributed by atoms with van der Waals surface area (Å²) in [6.45, 7) is 1.85. The number of alkyl halides is 1. The fourth-order valence-electron chi connectivity index (χ4n) is 1.88. The van der Waals surface area contributed by atoms with Crippen LogP contribution in [0.2, 0.25) is 5.02 Å². The van der Waals surface area contributed by atoms with Crippen molar-refractivity contribution in [2.45, 2.75) is 12.8 Å². The molecule has 1 heterocycles. The Morgan fingerprint density at radius 2 is 2.05 bits per heavy atom. The van der Waals surface area contributed by atoms with E-state index in [9.17, 15) is 4.79 Å². The lowest BCUT2D eigenvalue weighted by Gasteiger charge is -2.15. The molecule has 0 aliphatic rings. The fourth-order valence-corrected chi connectivity index (χ4v) is 2.25. The molecule has 1 aromatic heterocycles. The first kappa shape index (κ1) is 14.0. The molecule has 0 spiro atoms. The maximum Gasteiger partial charge on any atom is 0.186 e. The van der Waals surface area contributed by atoms with Crippen molar-refractivity contribution in [1.29, 1.82) is 0 Å². The first-order valence-corrected chi connectivity index (χ1v) is 6.60. The zero-order valence-electron chi connectivity index (χ0n) is 10.6. The first-order valence-electron chi connectivity index (χ1n) is 5.69. The van der Waals surface area contributed by atoms with Crippen LogP contribution < -0.4 is 10.2 Å². The molecule has 5 heteroatoms. The highest BCUT2D eigenvalue weighted by Gasteiger charge is 2.10. The Hall–Kier alpha value is -1.45. The van der Waals surface area contributed by atoms with Crippen LogP contribution in [0.4, 0.5) is 0 Å². The maximum atomic E-state index is 11.7. The molecule has 0 fully saturated rings. The van der Waals surface area contributed by atoms with E-state index in [4.69, 9.17) is 27.9 Å². The Balaban J connectivity index is 2.71. The third-order valence-corrected chi connectivity index (χ3v) is 3.39. The van der Waals surface area contributed by atoms with E-state index in [2.05, 4.69) is 0 Å². The largest absolute Gasteiger partial charge is 0.495 e. The predicted octanol–water partition coefficient (Wildman–Crippen LogP) is 3.55. The number of hydrogen-bond donors (Lipinski definition) is 0. The predicted molar refractivity (Wildman–Crippen MR) is 77.9 cm³/mol. The molecular formula is C14H13Cl2NO2. The number of ether oxygens (including phenoxy) is 1. The van der Waals surface area contributed by atoms with E-state index < -0.39 is 0 Å². The average Bonchev–Trinajstić information content (AvgIpc) is 2.39. The molecule has 2 rings (SSSR count). The molecule has 0 N–H and O–H groups in total. The van der Waals surface area contributed by atoms with Crippen LogP contribution >= 0.6 is 23.2 Å². The molecule has 100 valence electrons. The van der Waals surface area contributed by atoms with Gasteiger partial charge in [-0.05, 0) is 25.1 Å². The van der Waals surface area contributed by atoms with Crippen molar-refractivity contribution in [3.05, 3.63) is 57.0 Å². The van der Waals surface area contributed by atoms with Crippen molar-refractivity contribution in [1.82, 2.24) is 4.57 Å². The smallest absolute Gasteiger partial charge is 0.186 e. The summed E-state index contributed by atoms with van der Waals surface area (Å²) in [6.07, 6.45) is 1.72. The molecule has 1 aromatic carbocycles. The van der Waals surface area contributed by atoms with E-state index in [1.54, 1.807) is 37.6 Å². The monoisotopic (exact) mass is 297 g/mol.